The van der Waals surface area contributed by atoms with Crippen molar-refractivity contribution in [3.05, 3.63) is 29.3 Å². The number of carbonyl (C=O) groups is 3. The summed E-state index contributed by atoms with van der Waals surface area (Å²) in [6, 6.07) is 1.89. The molecule has 1 aromatic rings. The first-order valence-corrected chi connectivity index (χ1v) is 6.78. The number of nitrogens with one attached hydrogen (secondary N) is 1. The van der Waals surface area contributed by atoms with Crippen LogP contribution in [0.15, 0.2) is 18.2 Å². The summed E-state index contributed by atoms with van der Waals surface area (Å²) < 4.78 is 48.4. The third-order valence-corrected chi connectivity index (χ3v) is 2.91. The molecule has 0 spiro atoms. The van der Waals surface area contributed by atoms with Gasteiger partial charge in [-0.3, -0.25) is 9.59 Å². The van der Waals surface area contributed by atoms with Crippen LogP contribution in [-0.2, 0) is 31.7 Å². The number of rotatable bonds is 5. The molecule has 1 aromatic carbocycles. The zero-order valence-electron chi connectivity index (χ0n) is 13.2. The van der Waals surface area contributed by atoms with Gasteiger partial charge in [0.05, 0.1) is 12.7 Å². The van der Waals surface area contributed by atoms with Crippen molar-refractivity contribution in [3.8, 4) is 5.75 Å². The van der Waals surface area contributed by atoms with Crippen molar-refractivity contribution < 1.29 is 37.0 Å². The predicted molar refractivity (Wildman–Crippen MR) is 76.1 cm³/mol. The molecule has 0 saturated heterocycles. The lowest BCUT2D eigenvalue weighted by atomic mass is 10.0. The monoisotopic (exact) mass is 347 g/mol. The van der Waals surface area contributed by atoms with Crippen LogP contribution in [0, 0.1) is 0 Å². The summed E-state index contributed by atoms with van der Waals surface area (Å²) in [4.78, 5) is 33.6. The first-order chi connectivity index (χ1) is 11.0. The van der Waals surface area contributed by atoms with Gasteiger partial charge in [-0.25, -0.2) is 4.79 Å². The fourth-order valence-corrected chi connectivity index (χ4v) is 1.99. The number of alkyl halides is 3. The number of hydrogen-bond acceptors (Lipinski definition) is 5. The van der Waals surface area contributed by atoms with E-state index >= 15 is 0 Å². The third kappa shape index (κ3) is 5.56. The van der Waals surface area contributed by atoms with E-state index in [-0.39, 0.29) is 12.0 Å². The van der Waals surface area contributed by atoms with Gasteiger partial charge in [0.1, 0.15) is 11.8 Å². The van der Waals surface area contributed by atoms with Gasteiger partial charge in [-0.15, -0.1) is 0 Å². The Kier molecular flexibility index (Phi) is 6.33. The summed E-state index contributed by atoms with van der Waals surface area (Å²) >= 11 is 0. The van der Waals surface area contributed by atoms with E-state index in [9.17, 15) is 27.6 Å². The third-order valence-electron chi connectivity index (χ3n) is 2.91. The molecule has 0 fully saturated rings. The van der Waals surface area contributed by atoms with E-state index in [0.29, 0.717) is 0 Å². The average Bonchev–Trinajstić information content (AvgIpc) is 2.45. The topological polar surface area (TPSA) is 81.7 Å². The van der Waals surface area contributed by atoms with Crippen molar-refractivity contribution in [2.24, 2.45) is 0 Å². The zero-order valence-corrected chi connectivity index (χ0v) is 13.2. The Morgan fingerprint density at radius 2 is 1.83 bits per heavy atom. The van der Waals surface area contributed by atoms with Gasteiger partial charge < -0.3 is 14.8 Å². The number of halogens is 3. The lowest BCUT2D eigenvalue weighted by molar-refractivity contribution is -0.144. The molecule has 0 aliphatic heterocycles. The number of carbonyl (C=O) groups excluding carboxylic acids is 3. The minimum Gasteiger partial charge on any atom is -0.467 e. The Labute approximate surface area is 135 Å². The molecular weight excluding hydrogens is 331 g/mol. The molecule has 1 atom stereocenters. The fraction of sp³-hybridized carbons (Fsp3) is 0.400. The minimum atomic E-state index is -4.75. The maximum Gasteiger partial charge on any atom is 0.419 e. The van der Waals surface area contributed by atoms with Gasteiger partial charge >= 0.3 is 18.1 Å². The Balaban J connectivity index is 3.17. The molecule has 0 aromatic heterocycles. The highest BCUT2D eigenvalue weighted by molar-refractivity contribution is 5.83. The Hall–Kier alpha value is -2.58. The van der Waals surface area contributed by atoms with Gasteiger partial charge in [-0.05, 0) is 17.7 Å². The van der Waals surface area contributed by atoms with Crippen LogP contribution in [0.4, 0.5) is 13.2 Å². The van der Waals surface area contributed by atoms with Crippen LogP contribution in [0.5, 0.6) is 5.75 Å². The smallest absolute Gasteiger partial charge is 0.419 e. The second-order valence-electron chi connectivity index (χ2n) is 4.90. The van der Waals surface area contributed by atoms with Crippen LogP contribution in [0.2, 0.25) is 0 Å². The molecule has 1 rings (SSSR count). The van der Waals surface area contributed by atoms with Gasteiger partial charge in [0.2, 0.25) is 5.91 Å². The molecule has 0 aliphatic carbocycles. The Morgan fingerprint density at radius 3 is 2.29 bits per heavy atom. The van der Waals surface area contributed by atoms with Crippen molar-refractivity contribution in [2.45, 2.75) is 32.5 Å². The van der Waals surface area contributed by atoms with Crippen molar-refractivity contribution in [1.29, 1.82) is 0 Å². The van der Waals surface area contributed by atoms with E-state index in [1.807, 2.05) is 0 Å². The summed E-state index contributed by atoms with van der Waals surface area (Å²) in [6.07, 6.45) is -4.97. The van der Waals surface area contributed by atoms with Gasteiger partial charge in [0.15, 0.2) is 0 Å². The quantitative estimate of drug-likeness (QED) is 0.649. The van der Waals surface area contributed by atoms with Crippen molar-refractivity contribution in [2.75, 3.05) is 7.11 Å². The van der Waals surface area contributed by atoms with Crippen LogP contribution in [0.1, 0.15) is 25.0 Å². The fourth-order valence-electron chi connectivity index (χ4n) is 1.99. The lowest BCUT2D eigenvalue weighted by Crippen LogP contribution is -2.42. The van der Waals surface area contributed by atoms with Gasteiger partial charge in [0, 0.05) is 20.3 Å². The summed E-state index contributed by atoms with van der Waals surface area (Å²) in [6.45, 7) is 2.15. The predicted octanol–water partition coefficient (Wildman–Crippen LogP) is 1.85. The van der Waals surface area contributed by atoms with E-state index in [4.69, 9.17) is 0 Å². The highest BCUT2D eigenvalue weighted by atomic mass is 19.4. The Bertz CT molecular complexity index is 642. The largest absolute Gasteiger partial charge is 0.467 e. The number of ether oxygens (including phenoxy) is 2. The van der Waals surface area contributed by atoms with E-state index in [1.54, 1.807) is 0 Å². The maximum atomic E-state index is 13.1. The van der Waals surface area contributed by atoms with Gasteiger partial charge in [-0.2, -0.15) is 13.2 Å². The van der Waals surface area contributed by atoms with Crippen LogP contribution in [0.3, 0.4) is 0 Å². The number of benzene rings is 1. The van der Waals surface area contributed by atoms with E-state index in [2.05, 4.69) is 14.8 Å². The standard InChI is InChI=1S/C15H16F3NO5/c1-8(20)19-12(14(22)23-3)7-10-4-5-13(24-9(2)21)11(6-10)15(16,17)18/h4-6,12H,7H2,1-3H3,(H,19,20)/t12-/m0/s1. The average molecular weight is 347 g/mol. The molecule has 0 aliphatic rings. The maximum absolute atomic E-state index is 13.1. The highest BCUT2D eigenvalue weighted by Gasteiger charge is 2.35. The van der Waals surface area contributed by atoms with Gasteiger partial charge in [0.25, 0.3) is 0 Å². The second-order valence-corrected chi connectivity index (χ2v) is 4.90. The van der Waals surface area contributed by atoms with Crippen LogP contribution >= 0.6 is 0 Å². The number of methoxy groups -OCH3 is 1. The molecule has 6 nitrogen and oxygen atoms in total. The van der Waals surface area contributed by atoms with Crippen LogP contribution in [0.25, 0.3) is 0 Å². The second kappa shape index (κ2) is 7.80. The van der Waals surface area contributed by atoms with Crippen LogP contribution in [-0.4, -0.2) is 31.0 Å². The molecule has 0 heterocycles. The summed E-state index contributed by atoms with van der Waals surface area (Å²) in [5, 5.41) is 2.30. The minimum absolute atomic E-state index is 0.113. The normalized spacial score (nSPS) is 12.2. The molecule has 9 heteroatoms. The molecule has 0 saturated carbocycles. The molecule has 1 N–H and O–H groups in total. The highest BCUT2D eigenvalue weighted by Crippen LogP contribution is 2.37. The lowest BCUT2D eigenvalue weighted by Gasteiger charge is -2.17. The molecule has 0 radical (unpaired) electrons. The van der Waals surface area contributed by atoms with Crippen LogP contribution < -0.4 is 10.1 Å². The summed E-state index contributed by atoms with van der Waals surface area (Å²) in [5.41, 5.74) is -1.04. The van der Waals surface area contributed by atoms with Gasteiger partial charge in [-0.1, -0.05) is 6.07 Å². The van der Waals surface area contributed by atoms with E-state index in [1.165, 1.54) is 13.0 Å². The number of esters is 2. The van der Waals surface area contributed by atoms with Crippen molar-refractivity contribution in [1.82, 2.24) is 5.32 Å². The zero-order chi connectivity index (χ0) is 18.5. The summed E-state index contributed by atoms with van der Waals surface area (Å²) in [7, 11) is 1.10. The van der Waals surface area contributed by atoms with Crippen molar-refractivity contribution >= 4 is 17.8 Å². The SMILES string of the molecule is COC(=O)[C@H](Cc1ccc(OC(C)=O)c(C(F)(F)F)c1)NC(C)=O. The van der Waals surface area contributed by atoms with Crippen molar-refractivity contribution in [3.63, 3.8) is 0 Å². The molecule has 132 valence electrons. The molecule has 0 unspecified atom stereocenters. The summed E-state index contributed by atoms with van der Waals surface area (Å²) in [5.74, 6) is -2.84. The molecule has 1 amide bonds. The number of hydrogen-bond donors (Lipinski definition) is 1. The van der Waals surface area contributed by atoms with E-state index < -0.39 is 41.4 Å². The molecule has 0 bridgehead atoms. The Morgan fingerprint density at radius 1 is 1.21 bits per heavy atom. The first kappa shape index (κ1) is 19.5. The van der Waals surface area contributed by atoms with E-state index in [0.717, 1.165) is 26.2 Å². The first-order valence-electron chi connectivity index (χ1n) is 6.78. The number of amides is 1. The molecular formula is C15H16F3NO5. The molecule has 24 heavy (non-hydrogen) atoms.